The maximum atomic E-state index is 5.41. The Kier molecular flexibility index (Phi) is 5.45. The van der Waals surface area contributed by atoms with Gasteiger partial charge in [-0.2, -0.15) is 5.10 Å². The van der Waals surface area contributed by atoms with Crippen LogP contribution in [0.1, 0.15) is 55.5 Å². The number of hydrogen-bond donors (Lipinski definition) is 1. The van der Waals surface area contributed by atoms with E-state index in [0.29, 0.717) is 11.3 Å². The Morgan fingerprint density at radius 2 is 1.97 bits per heavy atom. The van der Waals surface area contributed by atoms with Crippen LogP contribution in [0.4, 0.5) is 0 Å². The molecule has 7 heteroatoms. The van der Waals surface area contributed by atoms with Crippen LogP contribution in [0.5, 0.6) is 0 Å². The van der Waals surface area contributed by atoms with Gasteiger partial charge in [0.05, 0.1) is 29.9 Å². The van der Waals surface area contributed by atoms with Gasteiger partial charge >= 0.3 is 0 Å². The lowest BCUT2D eigenvalue weighted by atomic mass is 9.84. The van der Waals surface area contributed by atoms with Crippen LogP contribution < -0.4 is 0 Å². The summed E-state index contributed by atoms with van der Waals surface area (Å²) in [7, 11) is 0. The van der Waals surface area contributed by atoms with E-state index < -0.39 is 0 Å². The van der Waals surface area contributed by atoms with Crippen LogP contribution >= 0.6 is 0 Å². The third kappa shape index (κ3) is 3.95. The average molecular weight is 473 g/mol. The molecule has 1 N–H and O–H groups in total. The molecule has 2 aliphatic rings. The number of aromatic amines is 1. The van der Waals surface area contributed by atoms with Crippen molar-refractivity contribution in [1.82, 2.24) is 29.5 Å². The summed E-state index contributed by atoms with van der Waals surface area (Å²) < 4.78 is 7.30. The summed E-state index contributed by atoms with van der Waals surface area (Å²) in [5, 5.41) is 4.40. The molecule has 4 aromatic rings. The van der Waals surface area contributed by atoms with Crippen LogP contribution in [0.3, 0.4) is 0 Å². The van der Waals surface area contributed by atoms with Gasteiger partial charge < -0.3 is 14.6 Å². The molecular weight excluding hydrogens is 436 g/mol. The maximum Gasteiger partial charge on any atom is 0.158 e. The van der Waals surface area contributed by atoms with Crippen molar-refractivity contribution in [3.63, 3.8) is 0 Å². The lowest BCUT2D eigenvalue weighted by Crippen LogP contribution is -2.55. The van der Waals surface area contributed by atoms with E-state index in [4.69, 9.17) is 9.72 Å². The molecule has 0 aliphatic carbocycles. The number of rotatable bonds is 7. The van der Waals surface area contributed by atoms with Crippen molar-refractivity contribution in [2.75, 3.05) is 32.8 Å². The topological polar surface area (TPSA) is 71.3 Å². The van der Waals surface area contributed by atoms with E-state index in [9.17, 15) is 0 Å². The van der Waals surface area contributed by atoms with Gasteiger partial charge in [-0.1, -0.05) is 20.8 Å². The Morgan fingerprint density at radius 1 is 1.17 bits per heavy atom. The molecule has 6 heterocycles. The number of nitrogens with one attached hydrogen (secondary N) is 1. The van der Waals surface area contributed by atoms with Gasteiger partial charge in [0, 0.05) is 48.1 Å². The molecule has 0 spiro atoms. The highest BCUT2D eigenvalue weighted by atomic mass is 16.5. The third-order valence-corrected chi connectivity index (χ3v) is 8.06. The van der Waals surface area contributed by atoms with Crippen LogP contribution in [0.2, 0.25) is 0 Å². The number of ether oxygens (including phenoxy) is 1. The minimum Gasteiger partial charge on any atom is -0.380 e. The number of likely N-dealkylation sites (tertiary alicyclic amines) is 1. The summed E-state index contributed by atoms with van der Waals surface area (Å²) in [6, 6.07) is 4.42. The molecule has 2 saturated heterocycles. The highest BCUT2D eigenvalue weighted by Gasteiger charge is 2.38. The quantitative estimate of drug-likeness (QED) is 0.414. The van der Waals surface area contributed by atoms with Crippen LogP contribution in [0, 0.1) is 25.2 Å². The molecule has 2 aliphatic heterocycles. The molecule has 0 aromatic carbocycles. The Morgan fingerprint density at radius 3 is 2.69 bits per heavy atom. The van der Waals surface area contributed by atoms with Crippen LogP contribution in [-0.2, 0) is 11.2 Å². The van der Waals surface area contributed by atoms with Crippen LogP contribution in [0.15, 0.2) is 24.7 Å². The lowest BCUT2D eigenvalue weighted by Gasteiger charge is -2.47. The first kappa shape index (κ1) is 22.7. The van der Waals surface area contributed by atoms with E-state index in [-0.39, 0.29) is 0 Å². The van der Waals surface area contributed by atoms with Crippen molar-refractivity contribution in [2.45, 2.75) is 53.4 Å². The SMILES string of the molecule is Cc1c(-c2[nH]c3ccc(CCC4CN(CC5(C)COC5)C4)nc3c2C(C)C)cn2ncnc2c1C. The Hall–Kier alpha value is -2.77. The predicted molar refractivity (Wildman–Crippen MR) is 139 cm³/mol. The third-order valence-electron chi connectivity index (χ3n) is 8.06. The number of nitrogens with zero attached hydrogens (tertiary/aromatic N) is 5. The van der Waals surface area contributed by atoms with E-state index in [1.807, 2.05) is 4.52 Å². The zero-order valence-electron chi connectivity index (χ0n) is 21.6. The first-order valence-corrected chi connectivity index (χ1v) is 12.9. The summed E-state index contributed by atoms with van der Waals surface area (Å²) in [6.45, 7) is 16.6. The van der Waals surface area contributed by atoms with E-state index >= 15 is 0 Å². The highest BCUT2D eigenvalue weighted by molar-refractivity contribution is 5.89. The Bertz CT molecular complexity index is 1390. The summed E-state index contributed by atoms with van der Waals surface area (Å²) in [5.74, 6) is 1.13. The fourth-order valence-electron chi connectivity index (χ4n) is 5.92. The van der Waals surface area contributed by atoms with Crippen molar-refractivity contribution >= 4 is 16.7 Å². The van der Waals surface area contributed by atoms with Crippen LogP contribution in [0.25, 0.3) is 27.9 Å². The van der Waals surface area contributed by atoms with Crippen molar-refractivity contribution in [3.8, 4) is 11.3 Å². The van der Waals surface area contributed by atoms with Crippen molar-refractivity contribution in [3.05, 3.63) is 47.0 Å². The zero-order valence-corrected chi connectivity index (χ0v) is 21.6. The average Bonchev–Trinajstić information content (AvgIpc) is 3.40. The molecule has 4 aromatic heterocycles. The first-order chi connectivity index (χ1) is 16.8. The van der Waals surface area contributed by atoms with E-state index in [1.165, 1.54) is 48.4 Å². The lowest BCUT2D eigenvalue weighted by molar-refractivity contribution is -0.126. The molecule has 0 unspecified atom stereocenters. The van der Waals surface area contributed by atoms with Crippen molar-refractivity contribution in [2.24, 2.45) is 11.3 Å². The Balaban J connectivity index is 1.24. The van der Waals surface area contributed by atoms with Gasteiger partial charge in [-0.3, -0.25) is 4.98 Å². The molecular formula is C28H36N6O. The predicted octanol–water partition coefficient (Wildman–Crippen LogP) is 4.91. The molecule has 0 radical (unpaired) electrons. The number of aromatic nitrogens is 5. The largest absolute Gasteiger partial charge is 0.380 e. The summed E-state index contributed by atoms with van der Waals surface area (Å²) in [5.41, 5.74) is 10.7. The van der Waals surface area contributed by atoms with E-state index in [2.05, 4.69) is 72.9 Å². The summed E-state index contributed by atoms with van der Waals surface area (Å²) in [4.78, 5) is 15.9. The highest BCUT2D eigenvalue weighted by Crippen LogP contribution is 2.37. The summed E-state index contributed by atoms with van der Waals surface area (Å²) in [6.07, 6.45) is 5.96. The molecule has 6 rings (SSSR count). The second-order valence-corrected chi connectivity index (χ2v) is 11.5. The molecule has 0 bridgehead atoms. The van der Waals surface area contributed by atoms with Gasteiger partial charge in [0.2, 0.25) is 0 Å². The first-order valence-electron chi connectivity index (χ1n) is 12.9. The van der Waals surface area contributed by atoms with E-state index in [0.717, 1.165) is 53.5 Å². The molecule has 35 heavy (non-hydrogen) atoms. The zero-order chi connectivity index (χ0) is 24.3. The molecule has 184 valence electrons. The van der Waals surface area contributed by atoms with Gasteiger partial charge in [-0.15, -0.1) is 0 Å². The number of H-pyrrole nitrogens is 1. The van der Waals surface area contributed by atoms with E-state index in [1.54, 1.807) is 6.33 Å². The van der Waals surface area contributed by atoms with Gasteiger partial charge in [0.15, 0.2) is 5.65 Å². The van der Waals surface area contributed by atoms with Crippen molar-refractivity contribution < 1.29 is 4.74 Å². The molecule has 7 nitrogen and oxygen atoms in total. The second-order valence-electron chi connectivity index (χ2n) is 11.5. The second kappa shape index (κ2) is 8.42. The van der Waals surface area contributed by atoms with Gasteiger partial charge in [-0.05, 0) is 61.8 Å². The smallest absolute Gasteiger partial charge is 0.158 e. The fourth-order valence-corrected chi connectivity index (χ4v) is 5.92. The van der Waals surface area contributed by atoms with Gasteiger partial charge in [0.1, 0.15) is 6.33 Å². The molecule has 2 fully saturated rings. The Labute approximate surface area is 206 Å². The maximum absolute atomic E-state index is 5.41. The number of hydrogen-bond acceptors (Lipinski definition) is 5. The van der Waals surface area contributed by atoms with Crippen LogP contribution in [-0.4, -0.2) is 62.3 Å². The van der Waals surface area contributed by atoms with Gasteiger partial charge in [-0.25, -0.2) is 9.50 Å². The molecule has 0 amide bonds. The fraction of sp³-hybridized carbons (Fsp3) is 0.536. The normalized spacial score (nSPS) is 18.5. The number of fused-ring (bicyclic) bond motifs is 2. The number of aryl methyl sites for hydroxylation is 2. The van der Waals surface area contributed by atoms with Crippen molar-refractivity contribution in [1.29, 1.82) is 0 Å². The van der Waals surface area contributed by atoms with Gasteiger partial charge in [0.25, 0.3) is 0 Å². The molecule has 0 atom stereocenters. The minimum atomic E-state index is 0.352. The standard InChI is InChI=1S/C28H36N6O/c1-17(2)24-25(22-12-34-27(29-16-30-34)19(4)18(22)3)32-23-9-8-21(31-26(23)24)7-6-20-10-33(11-20)13-28(5)14-35-15-28/h8-9,12,16-17,20,32H,6-7,10-11,13-15H2,1-5H3. The molecule has 0 saturated carbocycles. The number of pyridine rings is 2. The minimum absolute atomic E-state index is 0.352. The monoisotopic (exact) mass is 472 g/mol. The summed E-state index contributed by atoms with van der Waals surface area (Å²) >= 11 is 0.